The second-order valence-electron chi connectivity index (χ2n) is 11.0. The van der Waals surface area contributed by atoms with Crippen LogP contribution in [0.2, 0.25) is 0 Å². The van der Waals surface area contributed by atoms with Crippen molar-refractivity contribution in [1.29, 1.82) is 0 Å². The van der Waals surface area contributed by atoms with Gasteiger partial charge in [0, 0.05) is 27.9 Å². The molecule has 0 saturated heterocycles. The van der Waals surface area contributed by atoms with E-state index in [0.717, 1.165) is 50.5 Å². The van der Waals surface area contributed by atoms with Gasteiger partial charge in [-0.05, 0) is 76.0 Å². The minimum absolute atomic E-state index is 0.863. The number of benzene rings is 7. The van der Waals surface area contributed by atoms with Crippen molar-refractivity contribution in [2.45, 2.75) is 0 Å². The number of hydrogen-bond donors (Lipinski definition) is 0. The van der Waals surface area contributed by atoms with Crippen molar-refractivity contribution in [2.24, 2.45) is 0 Å². The Labute approximate surface area is 257 Å². The Kier molecular flexibility index (Phi) is 6.51. The molecule has 0 spiro atoms. The highest BCUT2D eigenvalue weighted by Crippen LogP contribution is 2.47. The van der Waals surface area contributed by atoms with E-state index in [1.807, 2.05) is 12.1 Å². The molecular formula is C42H29NO. The zero-order valence-electron chi connectivity index (χ0n) is 24.1. The summed E-state index contributed by atoms with van der Waals surface area (Å²) in [4.78, 5) is 2.32. The number of anilines is 3. The van der Waals surface area contributed by atoms with E-state index in [1.165, 1.54) is 21.9 Å². The topological polar surface area (TPSA) is 16.4 Å². The third kappa shape index (κ3) is 4.63. The van der Waals surface area contributed by atoms with Crippen LogP contribution in [0.3, 0.4) is 0 Å². The second kappa shape index (κ2) is 11.1. The molecule has 0 radical (unpaired) electrons. The summed E-state index contributed by atoms with van der Waals surface area (Å²) < 4.78 is 6.69. The van der Waals surface area contributed by atoms with Gasteiger partial charge >= 0.3 is 0 Å². The van der Waals surface area contributed by atoms with E-state index in [2.05, 4.69) is 169 Å². The Bertz CT molecular complexity index is 2210. The number of fused-ring (bicyclic) bond motifs is 2. The van der Waals surface area contributed by atoms with Gasteiger partial charge < -0.3 is 9.32 Å². The highest BCUT2D eigenvalue weighted by Gasteiger charge is 2.23. The molecule has 0 aliphatic carbocycles. The van der Waals surface area contributed by atoms with Crippen molar-refractivity contribution in [1.82, 2.24) is 0 Å². The maximum absolute atomic E-state index is 6.69. The third-order valence-electron chi connectivity index (χ3n) is 8.27. The first kappa shape index (κ1) is 25.8. The van der Waals surface area contributed by atoms with Crippen LogP contribution in [0.1, 0.15) is 0 Å². The summed E-state index contributed by atoms with van der Waals surface area (Å²) in [7, 11) is 0. The summed E-state index contributed by atoms with van der Waals surface area (Å²) >= 11 is 0. The molecule has 2 nitrogen and oxygen atoms in total. The van der Waals surface area contributed by atoms with Gasteiger partial charge in [0.05, 0.1) is 5.69 Å². The number of nitrogens with zero attached hydrogens (tertiary/aromatic N) is 1. The highest BCUT2D eigenvalue weighted by atomic mass is 16.3. The normalized spacial score (nSPS) is 11.2. The minimum Gasteiger partial charge on any atom is -0.455 e. The molecule has 7 aromatic carbocycles. The summed E-state index contributed by atoms with van der Waals surface area (Å²) in [5.74, 6) is 0.863. The average Bonchev–Trinajstić information content (AvgIpc) is 3.49. The van der Waals surface area contributed by atoms with Crippen molar-refractivity contribution in [3.8, 4) is 33.6 Å². The molecule has 2 heteroatoms. The number of para-hydroxylation sites is 3. The van der Waals surface area contributed by atoms with Crippen LogP contribution in [0, 0.1) is 0 Å². The van der Waals surface area contributed by atoms with Gasteiger partial charge in [0.25, 0.3) is 0 Å². The lowest BCUT2D eigenvalue weighted by Gasteiger charge is -2.27. The van der Waals surface area contributed by atoms with Crippen molar-refractivity contribution >= 4 is 38.8 Å². The van der Waals surface area contributed by atoms with Crippen LogP contribution < -0.4 is 4.90 Å². The van der Waals surface area contributed by atoms with Crippen molar-refractivity contribution < 1.29 is 4.42 Å². The van der Waals surface area contributed by atoms with Gasteiger partial charge in [0.2, 0.25) is 0 Å². The molecule has 0 fully saturated rings. The van der Waals surface area contributed by atoms with Crippen LogP contribution >= 0.6 is 0 Å². The van der Waals surface area contributed by atoms with Crippen LogP contribution in [0.25, 0.3) is 55.3 Å². The molecular weight excluding hydrogens is 534 g/mol. The predicted octanol–water partition coefficient (Wildman–Crippen LogP) is 12.1. The zero-order valence-corrected chi connectivity index (χ0v) is 24.1. The Hall–Kier alpha value is -5.86. The highest BCUT2D eigenvalue weighted by molar-refractivity contribution is 6.04. The van der Waals surface area contributed by atoms with Crippen LogP contribution in [0.15, 0.2) is 180 Å². The fourth-order valence-electron chi connectivity index (χ4n) is 6.16. The van der Waals surface area contributed by atoms with Crippen LogP contribution in [-0.4, -0.2) is 0 Å². The smallest absolute Gasteiger partial charge is 0.145 e. The molecule has 0 bridgehead atoms. The van der Waals surface area contributed by atoms with Crippen molar-refractivity contribution in [3.05, 3.63) is 176 Å². The molecule has 1 aromatic heterocycles. The summed E-state index contributed by atoms with van der Waals surface area (Å²) in [5, 5.41) is 3.60. The van der Waals surface area contributed by atoms with E-state index < -0.39 is 0 Å². The van der Waals surface area contributed by atoms with E-state index in [-0.39, 0.29) is 0 Å². The monoisotopic (exact) mass is 563 g/mol. The van der Waals surface area contributed by atoms with Crippen molar-refractivity contribution in [3.63, 3.8) is 0 Å². The summed E-state index contributed by atoms with van der Waals surface area (Å²) in [5.41, 5.74) is 9.74. The lowest BCUT2D eigenvalue weighted by molar-refractivity contribution is 0.632. The number of hydrogen-bond acceptors (Lipinski definition) is 2. The SMILES string of the molecule is c1ccc(-c2c(-c3ccccc3N(c3ccccc3)c3ccc(-c4ccc5ccccc5c4)cc3)oc3ccccc23)cc1. The molecule has 208 valence electrons. The molecule has 44 heavy (non-hydrogen) atoms. The molecule has 8 rings (SSSR count). The molecule has 0 N–H and O–H groups in total. The summed E-state index contributed by atoms with van der Waals surface area (Å²) in [6.45, 7) is 0. The Morgan fingerprint density at radius 3 is 1.84 bits per heavy atom. The van der Waals surface area contributed by atoms with E-state index in [0.29, 0.717) is 0 Å². The van der Waals surface area contributed by atoms with Gasteiger partial charge in [-0.1, -0.05) is 127 Å². The second-order valence-corrected chi connectivity index (χ2v) is 11.0. The number of rotatable bonds is 6. The first-order valence-corrected chi connectivity index (χ1v) is 14.9. The van der Waals surface area contributed by atoms with Gasteiger partial charge in [-0.15, -0.1) is 0 Å². The van der Waals surface area contributed by atoms with Gasteiger partial charge in [-0.3, -0.25) is 0 Å². The van der Waals surface area contributed by atoms with E-state index in [1.54, 1.807) is 0 Å². The minimum atomic E-state index is 0.863. The fourth-order valence-corrected chi connectivity index (χ4v) is 6.16. The molecule has 8 aromatic rings. The van der Waals surface area contributed by atoms with Gasteiger partial charge in [-0.25, -0.2) is 0 Å². The molecule has 0 aliphatic rings. The first-order valence-electron chi connectivity index (χ1n) is 14.9. The molecule has 0 aliphatic heterocycles. The Balaban J connectivity index is 1.29. The molecule has 0 saturated carbocycles. The van der Waals surface area contributed by atoms with Gasteiger partial charge in [-0.2, -0.15) is 0 Å². The molecule has 0 unspecified atom stereocenters. The maximum Gasteiger partial charge on any atom is 0.145 e. The fraction of sp³-hybridized carbons (Fsp3) is 0. The Morgan fingerprint density at radius 2 is 1.02 bits per heavy atom. The lowest BCUT2D eigenvalue weighted by Crippen LogP contribution is -2.11. The lowest BCUT2D eigenvalue weighted by atomic mass is 9.97. The molecule has 0 atom stereocenters. The first-order chi connectivity index (χ1) is 21.8. The zero-order chi connectivity index (χ0) is 29.3. The van der Waals surface area contributed by atoms with Gasteiger partial charge in [0.1, 0.15) is 11.3 Å². The van der Waals surface area contributed by atoms with E-state index in [9.17, 15) is 0 Å². The van der Waals surface area contributed by atoms with Crippen molar-refractivity contribution in [2.75, 3.05) is 4.90 Å². The third-order valence-corrected chi connectivity index (χ3v) is 8.27. The largest absolute Gasteiger partial charge is 0.455 e. The van der Waals surface area contributed by atoms with Crippen LogP contribution in [0.5, 0.6) is 0 Å². The maximum atomic E-state index is 6.69. The van der Waals surface area contributed by atoms with Crippen LogP contribution in [-0.2, 0) is 0 Å². The predicted molar refractivity (Wildman–Crippen MR) is 185 cm³/mol. The summed E-state index contributed by atoms with van der Waals surface area (Å²) in [6, 6.07) is 62.0. The Morgan fingerprint density at radius 1 is 0.409 bits per heavy atom. The molecule has 1 heterocycles. The van der Waals surface area contributed by atoms with E-state index in [4.69, 9.17) is 4.42 Å². The molecule has 0 amide bonds. The van der Waals surface area contributed by atoms with Gasteiger partial charge in [0.15, 0.2) is 0 Å². The summed E-state index contributed by atoms with van der Waals surface area (Å²) in [6.07, 6.45) is 0. The number of furan rings is 1. The average molecular weight is 564 g/mol. The van der Waals surface area contributed by atoms with E-state index >= 15 is 0 Å². The standard InChI is InChI=1S/C42H29NO/c1-3-14-32(15-4-1)41-38-20-10-12-22-40(38)44-42(41)37-19-9-11-21-39(37)43(35-17-5-2-6-18-35)36-27-25-31(26-28-36)34-24-23-30-13-7-8-16-33(30)29-34/h1-29H. The van der Waals surface area contributed by atoms with Crippen LogP contribution in [0.4, 0.5) is 17.1 Å². The quantitative estimate of drug-likeness (QED) is 0.200.